The monoisotopic (exact) mass is 306 g/mol. The second-order valence-corrected chi connectivity index (χ2v) is 5.67. The van der Waals surface area contributed by atoms with E-state index in [1.54, 1.807) is 14.0 Å². The summed E-state index contributed by atoms with van der Waals surface area (Å²) in [5.41, 5.74) is -1.07. The lowest BCUT2D eigenvalue weighted by Gasteiger charge is -2.20. The molecule has 0 saturated heterocycles. The molecule has 1 unspecified atom stereocenters. The topological polar surface area (TPSA) is 49.7 Å². The fraction of sp³-hybridized carbons (Fsp3) is 0.455. The van der Waals surface area contributed by atoms with E-state index in [0.717, 1.165) is 15.1 Å². The van der Waals surface area contributed by atoms with Gasteiger partial charge in [0, 0.05) is 10.2 Å². The van der Waals surface area contributed by atoms with Crippen LogP contribution in [0.25, 0.3) is 0 Å². The second-order valence-electron chi connectivity index (χ2n) is 3.74. The van der Waals surface area contributed by atoms with Crippen molar-refractivity contribution in [3.05, 3.63) is 22.7 Å². The first kappa shape index (κ1) is 13.8. The first-order valence-corrected chi connectivity index (χ1v) is 6.56. The Morgan fingerprint density at radius 1 is 1.50 bits per heavy atom. The van der Waals surface area contributed by atoms with Crippen molar-refractivity contribution in [2.45, 2.75) is 17.4 Å². The predicted octanol–water partition coefficient (Wildman–Crippen LogP) is 2.29. The third-order valence-corrected chi connectivity index (χ3v) is 3.89. The summed E-state index contributed by atoms with van der Waals surface area (Å²) in [4.78, 5) is 0.936. The maximum atomic E-state index is 9.69. The van der Waals surface area contributed by atoms with Crippen LogP contribution in [0.1, 0.15) is 6.92 Å². The van der Waals surface area contributed by atoms with Crippen LogP contribution in [0.4, 0.5) is 0 Å². The predicted molar refractivity (Wildman–Crippen MR) is 69.1 cm³/mol. The first-order chi connectivity index (χ1) is 7.48. The van der Waals surface area contributed by atoms with Gasteiger partial charge in [-0.1, -0.05) is 15.9 Å². The Kier molecular flexibility index (Phi) is 5.11. The standard InChI is InChI=1S/C11H15BrO3S/c1-11(14,6-13)7-16-10-5-8(12)3-4-9(10)15-2/h3-5,13-14H,6-7H2,1-2H3. The van der Waals surface area contributed by atoms with Crippen LogP contribution in [0.2, 0.25) is 0 Å². The number of hydrogen-bond donors (Lipinski definition) is 2. The van der Waals surface area contributed by atoms with Crippen LogP contribution >= 0.6 is 27.7 Å². The van der Waals surface area contributed by atoms with Gasteiger partial charge < -0.3 is 14.9 Å². The molecule has 0 heterocycles. The highest BCUT2D eigenvalue weighted by Crippen LogP contribution is 2.33. The highest BCUT2D eigenvalue weighted by Gasteiger charge is 2.20. The van der Waals surface area contributed by atoms with Crippen molar-refractivity contribution in [2.75, 3.05) is 19.5 Å². The van der Waals surface area contributed by atoms with Crippen molar-refractivity contribution in [3.63, 3.8) is 0 Å². The number of hydrogen-bond acceptors (Lipinski definition) is 4. The molecule has 3 nitrogen and oxygen atoms in total. The molecule has 1 atom stereocenters. The number of halogens is 1. The summed E-state index contributed by atoms with van der Waals surface area (Å²) in [5, 5.41) is 18.6. The van der Waals surface area contributed by atoms with E-state index in [2.05, 4.69) is 15.9 Å². The zero-order valence-corrected chi connectivity index (χ0v) is 11.6. The molecule has 1 aromatic carbocycles. The van der Waals surface area contributed by atoms with Gasteiger partial charge in [0.1, 0.15) is 5.75 Å². The van der Waals surface area contributed by atoms with Gasteiger partial charge in [0.15, 0.2) is 0 Å². The summed E-state index contributed by atoms with van der Waals surface area (Å²) in [6, 6.07) is 5.68. The molecule has 0 aromatic heterocycles. The average molecular weight is 307 g/mol. The van der Waals surface area contributed by atoms with E-state index in [4.69, 9.17) is 9.84 Å². The Morgan fingerprint density at radius 2 is 2.19 bits per heavy atom. The number of rotatable bonds is 5. The average Bonchev–Trinajstić information content (AvgIpc) is 2.27. The Balaban J connectivity index is 2.76. The third-order valence-electron chi connectivity index (χ3n) is 2.00. The number of aliphatic hydroxyl groups is 2. The van der Waals surface area contributed by atoms with Crippen LogP contribution in [0.5, 0.6) is 5.75 Å². The minimum absolute atomic E-state index is 0.254. The summed E-state index contributed by atoms with van der Waals surface area (Å²) in [7, 11) is 1.61. The fourth-order valence-corrected chi connectivity index (χ4v) is 2.62. The summed E-state index contributed by atoms with van der Waals surface area (Å²) >= 11 is 4.83. The van der Waals surface area contributed by atoms with Crippen LogP contribution in [-0.4, -0.2) is 35.3 Å². The first-order valence-electron chi connectivity index (χ1n) is 4.78. The molecular formula is C11H15BrO3S. The molecule has 0 spiro atoms. The molecule has 0 radical (unpaired) electrons. The lowest BCUT2D eigenvalue weighted by molar-refractivity contribution is 0.0225. The molecule has 0 aliphatic heterocycles. The molecule has 90 valence electrons. The molecule has 16 heavy (non-hydrogen) atoms. The van der Waals surface area contributed by atoms with Crippen molar-refractivity contribution < 1.29 is 14.9 Å². The summed E-state index contributed by atoms with van der Waals surface area (Å²) < 4.78 is 6.17. The Labute approximate surface area is 108 Å². The minimum Gasteiger partial charge on any atom is -0.496 e. The van der Waals surface area contributed by atoms with E-state index in [1.165, 1.54) is 11.8 Å². The molecule has 0 amide bonds. The van der Waals surface area contributed by atoms with Crippen LogP contribution in [-0.2, 0) is 0 Å². The molecule has 1 aromatic rings. The summed E-state index contributed by atoms with van der Waals surface area (Å²) in [6.45, 7) is 1.35. The number of aliphatic hydroxyl groups excluding tert-OH is 1. The van der Waals surface area contributed by atoms with Crippen LogP contribution < -0.4 is 4.74 Å². The Morgan fingerprint density at radius 3 is 2.75 bits per heavy atom. The smallest absolute Gasteiger partial charge is 0.132 e. The van der Waals surface area contributed by atoms with E-state index < -0.39 is 5.60 Å². The Bertz CT molecular complexity index is 355. The van der Waals surface area contributed by atoms with Gasteiger partial charge in [-0.3, -0.25) is 0 Å². The van der Waals surface area contributed by atoms with Gasteiger partial charge >= 0.3 is 0 Å². The third kappa shape index (κ3) is 3.97. The molecule has 0 bridgehead atoms. The van der Waals surface area contributed by atoms with Gasteiger partial charge in [-0.2, -0.15) is 0 Å². The Hall–Kier alpha value is -0.230. The summed E-state index contributed by atoms with van der Waals surface area (Å²) in [6.07, 6.45) is 0. The van der Waals surface area contributed by atoms with E-state index in [0.29, 0.717) is 5.75 Å². The van der Waals surface area contributed by atoms with Crippen LogP contribution in [0.15, 0.2) is 27.6 Å². The highest BCUT2D eigenvalue weighted by molar-refractivity contribution is 9.10. The highest BCUT2D eigenvalue weighted by atomic mass is 79.9. The van der Waals surface area contributed by atoms with E-state index >= 15 is 0 Å². The van der Waals surface area contributed by atoms with E-state index in [-0.39, 0.29) is 6.61 Å². The minimum atomic E-state index is -1.07. The van der Waals surface area contributed by atoms with Gasteiger partial charge in [0.2, 0.25) is 0 Å². The number of methoxy groups -OCH3 is 1. The van der Waals surface area contributed by atoms with Gasteiger partial charge in [0.05, 0.1) is 24.2 Å². The number of ether oxygens (including phenoxy) is 1. The number of benzene rings is 1. The van der Waals surface area contributed by atoms with Gasteiger partial charge in [-0.15, -0.1) is 11.8 Å². The lowest BCUT2D eigenvalue weighted by Crippen LogP contribution is -2.31. The zero-order chi connectivity index (χ0) is 12.2. The molecule has 0 aliphatic carbocycles. The SMILES string of the molecule is COc1ccc(Br)cc1SCC(C)(O)CO. The van der Waals surface area contributed by atoms with Crippen molar-refractivity contribution in [3.8, 4) is 5.75 Å². The van der Waals surface area contributed by atoms with Crippen molar-refractivity contribution in [2.24, 2.45) is 0 Å². The molecule has 1 rings (SSSR count). The maximum absolute atomic E-state index is 9.69. The van der Waals surface area contributed by atoms with Crippen molar-refractivity contribution in [1.82, 2.24) is 0 Å². The lowest BCUT2D eigenvalue weighted by atomic mass is 10.2. The molecule has 2 N–H and O–H groups in total. The second kappa shape index (κ2) is 5.91. The maximum Gasteiger partial charge on any atom is 0.132 e. The van der Waals surface area contributed by atoms with E-state index in [1.807, 2.05) is 18.2 Å². The number of thioether (sulfide) groups is 1. The van der Waals surface area contributed by atoms with Crippen molar-refractivity contribution in [1.29, 1.82) is 0 Å². The van der Waals surface area contributed by atoms with Crippen LogP contribution in [0.3, 0.4) is 0 Å². The molecule has 5 heteroatoms. The quantitative estimate of drug-likeness (QED) is 0.820. The van der Waals surface area contributed by atoms with E-state index in [9.17, 15) is 5.11 Å². The summed E-state index contributed by atoms with van der Waals surface area (Å²) in [5.74, 6) is 1.18. The molecular weight excluding hydrogens is 292 g/mol. The molecule has 0 fully saturated rings. The normalized spacial score (nSPS) is 14.6. The molecule has 0 aliphatic rings. The van der Waals surface area contributed by atoms with Crippen molar-refractivity contribution >= 4 is 27.7 Å². The van der Waals surface area contributed by atoms with Gasteiger partial charge in [-0.05, 0) is 25.1 Å². The fourth-order valence-electron chi connectivity index (χ4n) is 1.04. The molecule has 0 saturated carbocycles. The van der Waals surface area contributed by atoms with Gasteiger partial charge in [0.25, 0.3) is 0 Å². The largest absolute Gasteiger partial charge is 0.496 e. The zero-order valence-electron chi connectivity index (χ0n) is 9.24. The van der Waals surface area contributed by atoms with Gasteiger partial charge in [-0.25, -0.2) is 0 Å². The van der Waals surface area contributed by atoms with Crippen LogP contribution in [0, 0.1) is 0 Å².